The Hall–Kier alpha value is -1.36. The lowest BCUT2D eigenvalue weighted by Gasteiger charge is -2.02. The number of rotatable bonds is 4. The standard InChI is InChI=1S/C12H12BrNO3/c13-8-3-1-7(2-4-8)9-5-10(9)12(17)14-6-11(15)16/h1-4,9-10H,5-6H2,(H,14,17)(H,15,16)/t9-,10-/m0/s1. The number of hydrogen-bond acceptors (Lipinski definition) is 2. The molecular weight excluding hydrogens is 286 g/mol. The van der Waals surface area contributed by atoms with Gasteiger partial charge in [0.05, 0.1) is 0 Å². The molecule has 0 saturated heterocycles. The monoisotopic (exact) mass is 297 g/mol. The lowest BCUT2D eigenvalue weighted by molar-refractivity contribution is -0.138. The summed E-state index contributed by atoms with van der Waals surface area (Å²) in [7, 11) is 0. The predicted molar refractivity (Wildman–Crippen MR) is 65.6 cm³/mol. The van der Waals surface area contributed by atoms with Crippen LogP contribution in [0.15, 0.2) is 28.7 Å². The fourth-order valence-corrected chi connectivity index (χ4v) is 2.12. The highest BCUT2D eigenvalue weighted by Crippen LogP contribution is 2.47. The van der Waals surface area contributed by atoms with Crippen molar-refractivity contribution in [3.63, 3.8) is 0 Å². The summed E-state index contributed by atoms with van der Waals surface area (Å²) in [5.74, 6) is -1.02. The lowest BCUT2D eigenvalue weighted by atomic mass is 10.1. The molecule has 1 saturated carbocycles. The van der Waals surface area contributed by atoms with E-state index in [4.69, 9.17) is 5.11 Å². The van der Waals surface area contributed by atoms with E-state index in [1.807, 2.05) is 24.3 Å². The van der Waals surface area contributed by atoms with Crippen molar-refractivity contribution in [2.24, 2.45) is 5.92 Å². The zero-order valence-corrected chi connectivity index (χ0v) is 10.6. The molecule has 90 valence electrons. The number of aliphatic carboxylic acids is 1. The molecule has 0 radical (unpaired) electrons. The van der Waals surface area contributed by atoms with Crippen LogP contribution in [0, 0.1) is 5.92 Å². The van der Waals surface area contributed by atoms with E-state index in [2.05, 4.69) is 21.2 Å². The maximum Gasteiger partial charge on any atom is 0.322 e. The van der Waals surface area contributed by atoms with Gasteiger partial charge in [0, 0.05) is 10.4 Å². The van der Waals surface area contributed by atoms with E-state index in [0.717, 1.165) is 16.5 Å². The summed E-state index contributed by atoms with van der Waals surface area (Å²) in [6.45, 7) is -0.303. The summed E-state index contributed by atoms with van der Waals surface area (Å²) >= 11 is 3.36. The van der Waals surface area contributed by atoms with Gasteiger partial charge in [-0.05, 0) is 30.0 Å². The first-order chi connectivity index (χ1) is 8.08. The first-order valence-corrected chi connectivity index (χ1v) is 6.12. The third kappa shape index (κ3) is 3.06. The minimum absolute atomic E-state index is 0.0736. The summed E-state index contributed by atoms with van der Waals surface area (Å²) in [6.07, 6.45) is 0.799. The number of carboxylic acids is 1. The van der Waals surface area contributed by atoms with Crippen molar-refractivity contribution in [1.29, 1.82) is 0 Å². The topological polar surface area (TPSA) is 66.4 Å². The van der Waals surface area contributed by atoms with Crippen LogP contribution in [-0.2, 0) is 9.59 Å². The Bertz CT molecular complexity index is 444. The normalized spacial score (nSPS) is 21.9. The van der Waals surface area contributed by atoms with Crippen LogP contribution in [0.3, 0.4) is 0 Å². The Kier molecular flexibility index (Phi) is 3.47. The van der Waals surface area contributed by atoms with Gasteiger partial charge in [0.25, 0.3) is 0 Å². The van der Waals surface area contributed by atoms with Gasteiger partial charge >= 0.3 is 5.97 Å². The number of hydrogen-bond donors (Lipinski definition) is 2. The molecule has 1 aliphatic rings. The largest absolute Gasteiger partial charge is 0.480 e. The molecule has 0 bridgehead atoms. The molecule has 5 heteroatoms. The average Bonchev–Trinajstić information content (AvgIpc) is 3.07. The van der Waals surface area contributed by atoms with Crippen LogP contribution in [-0.4, -0.2) is 23.5 Å². The van der Waals surface area contributed by atoms with Crippen molar-refractivity contribution in [2.45, 2.75) is 12.3 Å². The van der Waals surface area contributed by atoms with Crippen LogP contribution >= 0.6 is 15.9 Å². The minimum Gasteiger partial charge on any atom is -0.480 e. The van der Waals surface area contributed by atoms with Crippen molar-refractivity contribution < 1.29 is 14.7 Å². The van der Waals surface area contributed by atoms with Gasteiger partial charge < -0.3 is 10.4 Å². The number of nitrogens with one attached hydrogen (secondary N) is 1. The number of amides is 1. The van der Waals surface area contributed by atoms with E-state index < -0.39 is 5.97 Å². The van der Waals surface area contributed by atoms with Crippen LogP contribution in [0.4, 0.5) is 0 Å². The molecule has 4 nitrogen and oxygen atoms in total. The fourth-order valence-electron chi connectivity index (χ4n) is 1.86. The number of carboxylic acid groups (broad SMARTS) is 1. The summed E-state index contributed by atoms with van der Waals surface area (Å²) in [5, 5.41) is 10.9. The number of carbonyl (C=O) groups excluding carboxylic acids is 1. The molecule has 0 spiro atoms. The molecule has 2 atom stereocenters. The number of halogens is 1. The third-order valence-corrected chi connectivity index (χ3v) is 3.37. The second-order valence-electron chi connectivity index (χ2n) is 4.11. The van der Waals surface area contributed by atoms with Gasteiger partial charge in [-0.15, -0.1) is 0 Å². The van der Waals surface area contributed by atoms with Crippen LogP contribution in [0.1, 0.15) is 17.9 Å². The molecule has 1 fully saturated rings. The molecule has 0 heterocycles. The Balaban J connectivity index is 1.89. The summed E-state index contributed by atoms with van der Waals surface area (Å²) in [4.78, 5) is 21.9. The van der Waals surface area contributed by atoms with Gasteiger partial charge in [-0.3, -0.25) is 9.59 Å². The quantitative estimate of drug-likeness (QED) is 0.890. The first-order valence-electron chi connectivity index (χ1n) is 5.33. The highest BCUT2D eigenvalue weighted by Gasteiger charge is 2.43. The van der Waals surface area contributed by atoms with Gasteiger partial charge in [-0.25, -0.2) is 0 Å². The smallest absolute Gasteiger partial charge is 0.322 e. The molecule has 1 aliphatic carbocycles. The van der Waals surface area contributed by atoms with Crippen LogP contribution in [0.2, 0.25) is 0 Å². The highest BCUT2D eigenvalue weighted by molar-refractivity contribution is 9.10. The number of carbonyl (C=O) groups is 2. The first kappa shape index (κ1) is 12.1. The number of benzene rings is 1. The van der Waals surface area contributed by atoms with E-state index in [9.17, 15) is 9.59 Å². The zero-order chi connectivity index (χ0) is 12.4. The molecule has 0 aliphatic heterocycles. The van der Waals surface area contributed by atoms with Gasteiger partial charge in [-0.2, -0.15) is 0 Å². The maximum atomic E-state index is 11.6. The van der Waals surface area contributed by atoms with E-state index in [1.165, 1.54) is 0 Å². The molecule has 1 aromatic rings. The van der Waals surface area contributed by atoms with Gasteiger partial charge in [0.15, 0.2) is 0 Å². The molecule has 1 amide bonds. The van der Waals surface area contributed by atoms with Crippen molar-refractivity contribution in [3.05, 3.63) is 34.3 Å². The van der Waals surface area contributed by atoms with Crippen LogP contribution in [0.25, 0.3) is 0 Å². The zero-order valence-electron chi connectivity index (χ0n) is 9.02. The average molecular weight is 298 g/mol. The van der Waals surface area contributed by atoms with E-state index in [-0.39, 0.29) is 24.3 Å². The highest BCUT2D eigenvalue weighted by atomic mass is 79.9. The predicted octanol–water partition coefficient (Wildman–Crippen LogP) is 1.75. The molecule has 2 N–H and O–H groups in total. The Morgan fingerprint density at radius 2 is 2.00 bits per heavy atom. The maximum absolute atomic E-state index is 11.6. The Morgan fingerprint density at radius 1 is 1.35 bits per heavy atom. The van der Waals surface area contributed by atoms with Gasteiger partial charge in [0.2, 0.25) is 5.91 Å². The van der Waals surface area contributed by atoms with E-state index >= 15 is 0 Å². The summed E-state index contributed by atoms with van der Waals surface area (Å²) in [5.41, 5.74) is 1.13. The fraction of sp³-hybridized carbons (Fsp3) is 0.333. The second-order valence-corrected chi connectivity index (χ2v) is 5.03. The van der Waals surface area contributed by atoms with Crippen molar-refractivity contribution in [3.8, 4) is 0 Å². The SMILES string of the molecule is O=C(O)CNC(=O)[C@H]1C[C@H]1c1ccc(Br)cc1. The molecule has 0 unspecified atom stereocenters. The van der Waals surface area contributed by atoms with Gasteiger partial charge in [-0.1, -0.05) is 28.1 Å². The third-order valence-electron chi connectivity index (χ3n) is 2.84. The minimum atomic E-state index is -1.01. The summed E-state index contributed by atoms with van der Waals surface area (Å²) < 4.78 is 1.01. The second kappa shape index (κ2) is 4.87. The van der Waals surface area contributed by atoms with E-state index in [0.29, 0.717) is 0 Å². The van der Waals surface area contributed by atoms with Crippen molar-refractivity contribution in [1.82, 2.24) is 5.32 Å². The lowest BCUT2D eigenvalue weighted by Crippen LogP contribution is -2.30. The molecule has 1 aromatic carbocycles. The molecular formula is C12H12BrNO3. The Labute approximate surface area is 107 Å². The van der Waals surface area contributed by atoms with Crippen LogP contribution in [0.5, 0.6) is 0 Å². The van der Waals surface area contributed by atoms with Crippen molar-refractivity contribution in [2.75, 3.05) is 6.54 Å². The molecule has 2 rings (SSSR count). The van der Waals surface area contributed by atoms with Crippen LogP contribution < -0.4 is 5.32 Å². The summed E-state index contributed by atoms with van der Waals surface area (Å²) in [6, 6.07) is 7.86. The van der Waals surface area contributed by atoms with Crippen molar-refractivity contribution >= 4 is 27.8 Å². The van der Waals surface area contributed by atoms with E-state index in [1.54, 1.807) is 0 Å². The Morgan fingerprint density at radius 3 is 2.59 bits per heavy atom. The van der Waals surface area contributed by atoms with Gasteiger partial charge in [0.1, 0.15) is 6.54 Å². The molecule has 0 aromatic heterocycles. The molecule has 17 heavy (non-hydrogen) atoms.